The van der Waals surface area contributed by atoms with Gasteiger partial charge in [0, 0.05) is 36.2 Å². The van der Waals surface area contributed by atoms with Gasteiger partial charge in [-0.05, 0) is 25.0 Å². The minimum absolute atomic E-state index is 0.00304. The van der Waals surface area contributed by atoms with E-state index in [9.17, 15) is 9.59 Å². The van der Waals surface area contributed by atoms with Crippen LogP contribution in [0.2, 0.25) is 0 Å². The zero-order valence-corrected chi connectivity index (χ0v) is 17.0. The predicted octanol–water partition coefficient (Wildman–Crippen LogP) is 4.13. The summed E-state index contributed by atoms with van der Waals surface area (Å²) in [4.78, 5) is 30.5. The molecule has 0 aliphatic carbocycles. The van der Waals surface area contributed by atoms with Crippen molar-refractivity contribution in [3.63, 3.8) is 0 Å². The van der Waals surface area contributed by atoms with Crippen molar-refractivity contribution in [1.82, 2.24) is 9.80 Å². The molecule has 3 aromatic carbocycles. The predicted molar refractivity (Wildman–Crippen MR) is 116 cm³/mol. The zero-order chi connectivity index (χ0) is 20.7. The van der Waals surface area contributed by atoms with Crippen LogP contribution in [-0.4, -0.2) is 34.7 Å². The molecule has 2 amide bonds. The minimum atomic E-state index is -0.848. The topological polar surface area (TPSA) is 40.6 Å². The SMILES string of the molecule is Cc1ccc(CCC(=O)N2CCN3C(=O)c4ccccc4C23c2ccccc2)cc1. The van der Waals surface area contributed by atoms with E-state index in [0.717, 1.165) is 16.7 Å². The largest absolute Gasteiger partial charge is 0.310 e. The molecular weight excluding hydrogens is 372 g/mol. The number of carbonyl (C=O) groups excluding carboxylic acids is 2. The fourth-order valence-corrected chi connectivity index (χ4v) is 4.91. The van der Waals surface area contributed by atoms with Crippen LogP contribution in [-0.2, 0) is 16.9 Å². The van der Waals surface area contributed by atoms with E-state index < -0.39 is 5.66 Å². The van der Waals surface area contributed by atoms with Crippen LogP contribution in [0.1, 0.15) is 39.0 Å². The molecule has 30 heavy (non-hydrogen) atoms. The normalized spacial score (nSPS) is 19.7. The van der Waals surface area contributed by atoms with Crippen molar-refractivity contribution in [2.45, 2.75) is 25.4 Å². The molecule has 1 fully saturated rings. The third-order valence-corrected chi connectivity index (χ3v) is 6.33. The molecule has 0 spiro atoms. The fraction of sp³-hybridized carbons (Fsp3) is 0.231. The number of rotatable bonds is 4. The second-order valence-electron chi connectivity index (χ2n) is 8.07. The van der Waals surface area contributed by atoms with E-state index in [0.29, 0.717) is 31.5 Å². The van der Waals surface area contributed by atoms with Crippen LogP contribution in [0.3, 0.4) is 0 Å². The highest BCUT2D eigenvalue weighted by molar-refractivity contribution is 6.02. The Morgan fingerprint density at radius 3 is 2.37 bits per heavy atom. The maximum Gasteiger partial charge on any atom is 0.256 e. The standard InChI is InChI=1S/C26H24N2O2/c1-19-11-13-20(14-12-19)15-16-24(29)27-17-18-28-25(30)22-9-5-6-10-23(22)26(27,28)21-7-3-2-4-8-21/h2-14H,15-18H2,1H3. The monoisotopic (exact) mass is 396 g/mol. The summed E-state index contributed by atoms with van der Waals surface area (Å²) in [5.41, 5.74) is 4.08. The Labute approximate surface area is 176 Å². The molecule has 3 aromatic rings. The van der Waals surface area contributed by atoms with Crippen LogP contribution in [0.25, 0.3) is 0 Å². The second kappa shape index (κ2) is 7.13. The Bertz CT molecular complexity index is 1110. The summed E-state index contributed by atoms with van der Waals surface area (Å²) < 4.78 is 0. The summed E-state index contributed by atoms with van der Waals surface area (Å²) in [6.07, 6.45) is 1.11. The van der Waals surface area contributed by atoms with Gasteiger partial charge in [0.15, 0.2) is 5.66 Å². The van der Waals surface area contributed by atoms with Crippen LogP contribution in [0.5, 0.6) is 0 Å². The number of carbonyl (C=O) groups is 2. The van der Waals surface area contributed by atoms with Gasteiger partial charge in [0.25, 0.3) is 5.91 Å². The first-order valence-electron chi connectivity index (χ1n) is 10.5. The molecule has 1 saturated heterocycles. The van der Waals surface area contributed by atoms with E-state index in [1.807, 2.05) is 64.4 Å². The van der Waals surface area contributed by atoms with Crippen molar-refractivity contribution in [3.8, 4) is 0 Å². The van der Waals surface area contributed by atoms with Gasteiger partial charge in [0.1, 0.15) is 0 Å². The van der Waals surface area contributed by atoms with Crippen LogP contribution >= 0.6 is 0 Å². The van der Waals surface area contributed by atoms with Crippen LogP contribution in [0.4, 0.5) is 0 Å². The second-order valence-corrected chi connectivity index (χ2v) is 8.07. The average Bonchev–Trinajstić information content (AvgIpc) is 3.30. The maximum absolute atomic E-state index is 13.5. The highest BCUT2D eigenvalue weighted by Crippen LogP contribution is 2.49. The lowest BCUT2D eigenvalue weighted by atomic mass is 9.89. The summed E-state index contributed by atoms with van der Waals surface area (Å²) in [5.74, 6) is 0.0784. The maximum atomic E-state index is 13.5. The van der Waals surface area contributed by atoms with Crippen molar-refractivity contribution in [3.05, 3.63) is 107 Å². The van der Waals surface area contributed by atoms with Gasteiger partial charge in [-0.3, -0.25) is 9.59 Å². The molecule has 0 bridgehead atoms. The van der Waals surface area contributed by atoms with Crippen LogP contribution in [0.15, 0.2) is 78.9 Å². The van der Waals surface area contributed by atoms with Gasteiger partial charge in [0.05, 0.1) is 0 Å². The molecule has 1 atom stereocenters. The number of fused-ring (bicyclic) bond motifs is 3. The number of hydrogen-bond acceptors (Lipinski definition) is 2. The highest BCUT2D eigenvalue weighted by atomic mass is 16.2. The van der Waals surface area contributed by atoms with E-state index in [-0.39, 0.29) is 11.8 Å². The minimum Gasteiger partial charge on any atom is -0.310 e. The number of aryl methyl sites for hydroxylation is 2. The lowest BCUT2D eigenvalue weighted by Crippen LogP contribution is -2.51. The molecule has 2 heterocycles. The molecular formula is C26H24N2O2. The molecule has 5 rings (SSSR count). The van der Waals surface area contributed by atoms with Gasteiger partial charge in [0.2, 0.25) is 5.91 Å². The first-order chi connectivity index (χ1) is 14.6. The molecule has 4 nitrogen and oxygen atoms in total. The van der Waals surface area contributed by atoms with Gasteiger partial charge in [-0.25, -0.2) is 0 Å². The molecule has 0 radical (unpaired) electrons. The lowest BCUT2D eigenvalue weighted by Gasteiger charge is -2.40. The molecule has 4 heteroatoms. The van der Waals surface area contributed by atoms with Crippen LogP contribution < -0.4 is 0 Å². The van der Waals surface area contributed by atoms with Crippen molar-refractivity contribution < 1.29 is 9.59 Å². The fourth-order valence-electron chi connectivity index (χ4n) is 4.91. The Morgan fingerprint density at radius 1 is 0.900 bits per heavy atom. The summed E-state index contributed by atoms with van der Waals surface area (Å²) >= 11 is 0. The van der Waals surface area contributed by atoms with Crippen molar-refractivity contribution in [1.29, 1.82) is 0 Å². The Kier molecular flexibility index (Phi) is 4.43. The summed E-state index contributed by atoms with van der Waals surface area (Å²) in [6, 6.07) is 26.0. The van der Waals surface area contributed by atoms with Crippen LogP contribution in [0, 0.1) is 6.92 Å². The number of nitrogens with zero attached hydrogens (tertiary/aromatic N) is 2. The Balaban J connectivity index is 1.54. The summed E-state index contributed by atoms with van der Waals surface area (Å²) in [5, 5.41) is 0. The number of benzene rings is 3. The van der Waals surface area contributed by atoms with E-state index in [4.69, 9.17) is 0 Å². The van der Waals surface area contributed by atoms with Crippen molar-refractivity contribution in [2.24, 2.45) is 0 Å². The number of hydrogen-bond donors (Lipinski definition) is 0. The van der Waals surface area contributed by atoms with Gasteiger partial charge < -0.3 is 9.80 Å². The van der Waals surface area contributed by atoms with Crippen molar-refractivity contribution in [2.75, 3.05) is 13.1 Å². The molecule has 2 aliphatic rings. The third kappa shape index (κ3) is 2.67. The quantitative estimate of drug-likeness (QED) is 0.665. The molecule has 2 aliphatic heterocycles. The number of amides is 2. The van der Waals surface area contributed by atoms with E-state index in [1.165, 1.54) is 5.56 Å². The van der Waals surface area contributed by atoms with Gasteiger partial charge in [-0.15, -0.1) is 0 Å². The first kappa shape index (κ1) is 18.6. The van der Waals surface area contributed by atoms with E-state index in [1.54, 1.807) is 0 Å². The third-order valence-electron chi connectivity index (χ3n) is 6.33. The average molecular weight is 396 g/mol. The Hall–Kier alpha value is -3.40. The van der Waals surface area contributed by atoms with Crippen molar-refractivity contribution >= 4 is 11.8 Å². The molecule has 1 unspecified atom stereocenters. The first-order valence-corrected chi connectivity index (χ1v) is 10.5. The summed E-state index contributed by atoms with van der Waals surface area (Å²) in [6.45, 7) is 3.15. The van der Waals surface area contributed by atoms with Gasteiger partial charge >= 0.3 is 0 Å². The Morgan fingerprint density at radius 2 is 1.60 bits per heavy atom. The molecule has 0 aromatic heterocycles. The van der Waals surface area contributed by atoms with E-state index in [2.05, 4.69) is 31.2 Å². The zero-order valence-electron chi connectivity index (χ0n) is 17.0. The van der Waals surface area contributed by atoms with Gasteiger partial charge in [-0.1, -0.05) is 78.4 Å². The van der Waals surface area contributed by atoms with E-state index >= 15 is 0 Å². The molecule has 0 saturated carbocycles. The smallest absolute Gasteiger partial charge is 0.256 e. The lowest BCUT2D eigenvalue weighted by molar-refractivity contribution is -0.136. The van der Waals surface area contributed by atoms with Gasteiger partial charge in [-0.2, -0.15) is 0 Å². The highest BCUT2D eigenvalue weighted by Gasteiger charge is 2.59. The molecule has 150 valence electrons. The molecule has 0 N–H and O–H groups in total. The summed E-state index contributed by atoms with van der Waals surface area (Å²) in [7, 11) is 0.